The number of hydrogen-bond acceptors (Lipinski definition) is 1. The van der Waals surface area contributed by atoms with E-state index in [1.165, 1.54) is 27.8 Å². The van der Waals surface area contributed by atoms with E-state index in [9.17, 15) is 0 Å². The van der Waals surface area contributed by atoms with Crippen LogP contribution in [-0.4, -0.2) is 0 Å². The molecular formula is C34H33N. The lowest BCUT2D eigenvalue weighted by atomic mass is 9.71. The van der Waals surface area contributed by atoms with Gasteiger partial charge in [0, 0.05) is 16.8 Å². The summed E-state index contributed by atoms with van der Waals surface area (Å²) in [5.41, 5.74) is 8.65. The number of aryl methyl sites for hydroxylation is 2. The van der Waals surface area contributed by atoms with Crippen LogP contribution in [-0.2, 0) is 5.41 Å². The molecule has 0 saturated heterocycles. The van der Waals surface area contributed by atoms with Crippen molar-refractivity contribution in [2.24, 2.45) is 0 Å². The van der Waals surface area contributed by atoms with Crippen LogP contribution in [0.1, 0.15) is 34.7 Å². The Morgan fingerprint density at radius 3 is 0.971 bits per heavy atom. The van der Waals surface area contributed by atoms with Crippen molar-refractivity contribution in [1.82, 2.24) is 0 Å². The Labute approximate surface area is 210 Å². The van der Waals surface area contributed by atoms with Gasteiger partial charge in [-0.2, -0.15) is 0 Å². The first-order valence-corrected chi connectivity index (χ1v) is 12.1. The zero-order valence-corrected chi connectivity index (χ0v) is 20.8. The van der Waals surface area contributed by atoms with E-state index in [-0.39, 0.29) is 5.41 Å². The third-order valence-corrected chi connectivity index (χ3v) is 6.45. The molecule has 0 atom stereocenters. The SMILES string of the molecule is CC(c1ccccc1)(c1ccccc1)c1ccccc1.Cc1ccc(Nc2ccc(C)cc2)cc1. The molecule has 1 heteroatoms. The van der Waals surface area contributed by atoms with Gasteiger partial charge in [0.05, 0.1) is 0 Å². The largest absolute Gasteiger partial charge is 0.356 e. The molecule has 5 aromatic rings. The second-order valence-electron chi connectivity index (χ2n) is 9.08. The maximum absolute atomic E-state index is 3.36. The number of anilines is 2. The molecule has 0 unspecified atom stereocenters. The molecule has 0 spiro atoms. The fraction of sp³-hybridized carbons (Fsp3) is 0.118. The van der Waals surface area contributed by atoms with Crippen LogP contribution in [0, 0.1) is 13.8 Å². The maximum atomic E-state index is 3.36. The van der Waals surface area contributed by atoms with Crippen LogP contribution in [0.5, 0.6) is 0 Å². The van der Waals surface area contributed by atoms with Crippen molar-refractivity contribution < 1.29 is 0 Å². The molecule has 0 aliphatic carbocycles. The third kappa shape index (κ3) is 6.07. The number of rotatable bonds is 5. The van der Waals surface area contributed by atoms with Gasteiger partial charge in [-0.05, 0) is 61.7 Å². The topological polar surface area (TPSA) is 12.0 Å². The molecule has 35 heavy (non-hydrogen) atoms. The smallest absolute Gasteiger partial charge is 0.0423 e. The molecule has 0 radical (unpaired) electrons. The highest BCUT2D eigenvalue weighted by atomic mass is 14.9. The van der Waals surface area contributed by atoms with E-state index >= 15 is 0 Å². The van der Waals surface area contributed by atoms with E-state index in [2.05, 4.69) is 166 Å². The summed E-state index contributed by atoms with van der Waals surface area (Å²) in [5, 5.41) is 3.36. The second-order valence-corrected chi connectivity index (χ2v) is 9.08. The zero-order valence-electron chi connectivity index (χ0n) is 20.8. The Hall–Kier alpha value is -4.10. The summed E-state index contributed by atoms with van der Waals surface area (Å²) in [4.78, 5) is 0. The molecule has 0 heterocycles. The average molecular weight is 456 g/mol. The van der Waals surface area contributed by atoms with Gasteiger partial charge in [0.25, 0.3) is 0 Å². The van der Waals surface area contributed by atoms with Crippen LogP contribution >= 0.6 is 0 Å². The van der Waals surface area contributed by atoms with Crippen molar-refractivity contribution in [3.8, 4) is 0 Å². The second kappa shape index (κ2) is 11.4. The van der Waals surface area contributed by atoms with Gasteiger partial charge in [-0.25, -0.2) is 0 Å². The summed E-state index contributed by atoms with van der Waals surface area (Å²) in [7, 11) is 0. The van der Waals surface area contributed by atoms with Crippen LogP contribution in [0.25, 0.3) is 0 Å². The van der Waals surface area contributed by atoms with E-state index in [1.54, 1.807) is 0 Å². The van der Waals surface area contributed by atoms with Gasteiger partial charge in [0.2, 0.25) is 0 Å². The van der Waals surface area contributed by atoms with Gasteiger partial charge in [0.15, 0.2) is 0 Å². The van der Waals surface area contributed by atoms with Crippen molar-refractivity contribution in [2.45, 2.75) is 26.2 Å². The lowest BCUT2D eigenvalue weighted by molar-refractivity contribution is 0.692. The molecule has 174 valence electrons. The quantitative estimate of drug-likeness (QED) is 0.261. The number of nitrogens with one attached hydrogen (secondary N) is 1. The fourth-order valence-corrected chi connectivity index (χ4v) is 4.25. The van der Waals surface area contributed by atoms with Crippen molar-refractivity contribution in [2.75, 3.05) is 5.32 Å². The molecule has 0 amide bonds. The first kappa shape index (κ1) is 24.0. The summed E-state index contributed by atoms with van der Waals surface area (Å²) in [5.74, 6) is 0. The number of benzene rings is 5. The summed E-state index contributed by atoms with van der Waals surface area (Å²) in [6.45, 7) is 6.48. The molecule has 0 saturated carbocycles. The van der Waals surface area contributed by atoms with Gasteiger partial charge in [-0.1, -0.05) is 126 Å². The summed E-state index contributed by atoms with van der Waals surface area (Å²) < 4.78 is 0. The minimum Gasteiger partial charge on any atom is -0.356 e. The van der Waals surface area contributed by atoms with E-state index in [0.29, 0.717) is 0 Å². The van der Waals surface area contributed by atoms with Gasteiger partial charge >= 0.3 is 0 Å². The Balaban J connectivity index is 0.000000172. The average Bonchev–Trinajstić information content (AvgIpc) is 2.93. The summed E-state index contributed by atoms with van der Waals surface area (Å²) in [6.07, 6.45) is 0. The molecule has 0 fully saturated rings. The molecule has 0 bridgehead atoms. The highest BCUT2D eigenvalue weighted by molar-refractivity contribution is 5.60. The minimum atomic E-state index is -0.121. The van der Waals surface area contributed by atoms with Gasteiger partial charge in [-0.3, -0.25) is 0 Å². The summed E-state index contributed by atoms with van der Waals surface area (Å²) in [6, 6.07) is 48.9. The van der Waals surface area contributed by atoms with E-state index in [1.807, 2.05) is 0 Å². The van der Waals surface area contributed by atoms with Gasteiger partial charge in [0.1, 0.15) is 0 Å². The Morgan fingerprint density at radius 1 is 0.400 bits per heavy atom. The normalized spacial score (nSPS) is 10.7. The lowest BCUT2D eigenvalue weighted by Gasteiger charge is -2.31. The van der Waals surface area contributed by atoms with Crippen LogP contribution in [0.4, 0.5) is 11.4 Å². The molecular weight excluding hydrogens is 422 g/mol. The van der Waals surface area contributed by atoms with Crippen LogP contribution in [0.3, 0.4) is 0 Å². The maximum Gasteiger partial charge on any atom is 0.0423 e. The van der Waals surface area contributed by atoms with Crippen molar-refractivity contribution in [1.29, 1.82) is 0 Å². The number of hydrogen-bond donors (Lipinski definition) is 1. The van der Waals surface area contributed by atoms with Crippen LogP contribution in [0.15, 0.2) is 140 Å². The monoisotopic (exact) mass is 455 g/mol. The molecule has 1 N–H and O–H groups in total. The van der Waals surface area contributed by atoms with Gasteiger partial charge < -0.3 is 5.32 Å². The highest BCUT2D eigenvalue weighted by Gasteiger charge is 2.30. The van der Waals surface area contributed by atoms with E-state index in [4.69, 9.17) is 0 Å². The molecule has 5 rings (SSSR count). The predicted octanol–water partition coefficient (Wildman–Crippen LogP) is 9.09. The first-order valence-electron chi connectivity index (χ1n) is 12.1. The molecule has 0 aliphatic rings. The minimum absolute atomic E-state index is 0.121. The van der Waals surface area contributed by atoms with Crippen LogP contribution in [0.2, 0.25) is 0 Å². The zero-order chi connectivity index (χ0) is 24.5. The summed E-state index contributed by atoms with van der Waals surface area (Å²) >= 11 is 0. The molecule has 5 aromatic carbocycles. The Morgan fingerprint density at radius 2 is 0.686 bits per heavy atom. The Kier molecular flexibility index (Phi) is 7.80. The third-order valence-electron chi connectivity index (χ3n) is 6.45. The first-order chi connectivity index (χ1) is 17.1. The van der Waals surface area contributed by atoms with Crippen LogP contribution < -0.4 is 5.32 Å². The lowest BCUT2D eigenvalue weighted by Crippen LogP contribution is -2.25. The van der Waals surface area contributed by atoms with Crippen molar-refractivity contribution in [3.63, 3.8) is 0 Å². The van der Waals surface area contributed by atoms with Gasteiger partial charge in [-0.15, -0.1) is 0 Å². The Bertz CT molecular complexity index is 1150. The van der Waals surface area contributed by atoms with Crippen molar-refractivity contribution in [3.05, 3.63) is 167 Å². The molecule has 1 nitrogen and oxygen atoms in total. The predicted molar refractivity (Wildman–Crippen MR) is 151 cm³/mol. The van der Waals surface area contributed by atoms with E-state index < -0.39 is 0 Å². The highest BCUT2D eigenvalue weighted by Crippen LogP contribution is 2.38. The molecule has 0 aromatic heterocycles. The standard InChI is InChI=1S/C20H18.C14H15N/c1-20(17-11-5-2-6-12-17,18-13-7-3-8-14-18)19-15-9-4-10-16-19;1-11-3-7-13(8-4-11)15-14-9-5-12(2)6-10-14/h2-16H,1H3;3-10,15H,1-2H3. The fourth-order valence-electron chi connectivity index (χ4n) is 4.25. The molecule has 0 aliphatic heterocycles. The van der Waals surface area contributed by atoms with E-state index in [0.717, 1.165) is 11.4 Å². The van der Waals surface area contributed by atoms with Crippen molar-refractivity contribution >= 4 is 11.4 Å².